The van der Waals surface area contributed by atoms with E-state index in [1.165, 1.54) is 17.7 Å². The van der Waals surface area contributed by atoms with E-state index in [1.54, 1.807) is 0 Å². The van der Waals surface area contributed by atoms with Crippen LogP contribution in [0, 0.1) is 0 Å². The van der Waals surface area contributed by atoms with Crippen molar-refractivity contribution in [2.75, 3.05) is 10.6 Å². The Labute approximate surface area is 125 Å². The molecule has 0 spiro atoms. The number of phenolic OH excluding ortho intramolecular Hbond substituents is 2. The zero-order chi connectivity index (χ0) is 14.5. The van der Waals surface area contributed by atoms with E-state index in [1.807, 2.05) is 24.3 Å². The van der Waals surface area contributed by atoms with Crippen LogP contribution in [0.5, 0.6) is 11.5 Å². The summed E-state index contributed by atoms with van der Waals surface area (Å²) in [5.74, 6) is -0.757. The number of amides is 1. The molecule has 0 atom stereocenters. The highest BCUT2D eigenvalue weighted by atomic mass is 79.9. The van der Waals surface area contributed by atoms with Crippen LogP contribution in [0.4, 0.5) is 5.69 Å². The highest BCUT2D eigenvalue weighted by molar-refractivity contribution is 9.09. The summed E-state index contributed by atoms with van der Waals surface area (Å²) in [5, 5.41) is 22.4. The molecule has 0 aliphatic carbocycles. The molecule has 0 unspecified atom stereocenters. The van der Waals surface area contributed by atoms with E-state index in [-0.39, 0.29) is 17.1 Å². The summed E-state index contributed by atoms with van der Waals surface area (Å²) in [6.07, 6.45) is 0.924. The van der Waals surface area contributed by atoms with Crippen molar-refractivity contribution in [1.29, 1.82) is 0 Å². The summed E-state index contributed by atoms with van der Waals surface area (Å²) in [7, 11) is 0. The van der Waals surface area contributed by atoms with Crippen LogP contribution in [0.3, 0.4) is 0 Å². The Morgan fingerprint density at radius 1 is 1.10 bits per heavy atom. The SMILES string of the molecule is O=C(Nc1ccc(CCBr)cc1)c1ccc(O)cc1O. The van der Waals surface area contributed by atoms with Gasteiger partial charge in [0.25, 0.3) is 5.91 Å². The van der Waals surface area contributed by atoms with Gasteiger partial charge in [-0.25, -0.2) is 0 Å². The van der Waals surface area contributed by atoms with E-state index in [0.717, 1.165) is 17.8 Å². The quantitative estimate of drug-likeness (QED) is 0.751. The molecule has 1 amide bonds. The summed E-state index contributed by atoms with van der Waals surface area (Å²) >= 11 is 3.37. The number of aromatic hydroxyl groups is 2. The van der Waals surface area contributed by atoms with Crippen molar-refractivity contribution < 1.29 is 15.0 Å². The van der Waals surface area contributed by atoms with Gasteiger partial charge in [-0.2, -0.15) is 0 Å². The average molecular weight is 336 g/mol. The third-order valence-electron chi connectivity index (χ3n) is 2.82. The van der Waals surface area contributed by atoms with E-state index >= 15 is 0 Å². The first-order chi connectivity index (χ1) is 9.60. The van der Waals surface area contributed by atoms with Crippen molar-refractivity contribution in [3.63, 3.8) is 0 Å². The van der Waals surface area contributed by atoms with Crippen molar-refractivity contribution in [2.45, 2.75) is 6.42 Å². The van der Waals surface area contributed by atoms with E-state index in [0.29, 0.717) is 5.69 Å². The van der Waals surface area contributed by atoms with Crippen LogP contribution in [0.1, 0.15) is 15.9 Å². The fourth-order valence-electron chi connectivity index (χ4n) is 1.77. The normalized spacial score (nSPS) is 10.2. The van der Waals surface area contributed by atoms with Gasteiger partial charge in [0, 0.05) is 17.1 Å². The minimum atomic E-state index is -0.421. The molecule has 0 aromatic heterocycles. The number of carbonyl (C=O) groups excluding carboxylic acids is 1. The molecule has 20 heavy (non-hydrogen) atoms. The van der Waals surface area contributed by atoms with Crippen molar-refractivity contribution in [2.24, 2.45) is 0 Å². The number of hydrogen-bond acceptors (Lipinski definition) is 3. The van der Waals surface area contributed by atoms with Gasteiger partial charge in [0.1, 0.15) is 11.5 Å². The van der Waals surface area contributed by atoms with Crippen LogP contribution < -0.4 is 5.32 Å². The van der Waals surface area contributed by atoms with Gasteiger partial charge in [-0.05, 0) is 36.2 Å². The number of benzene rings is 2. The van der Waals surface area contributed by atoms with E-state index in [4.69, 9.17) is 0 Å². The minimum Gasteiger partial charge on any atom is -0.508 e. The second-order valence-corrected chi connectivity index (χ2v) is 5.08. The Balaban J connectivity index is 2.11. The first kappa shape index (κ1) is 14.4. The lowest BCUT2D eigenvalue weighted by Crippen LogP contribution is -2.12. The number of phenols is 2. The molecule has 5 heteroatoms. The molecule has 4 nitrogen and oxygen atoms in total. The van der Waals surface area contributed by atoms with Crippen molar-refractivity contribution in [1.82, 2.24) is 0 Å². The maximum Gasteiger partial charge on any atom is 0.259 e. The summed E-state index contributed by atoms with van der Waals surface area (Å²) in [4.78, 5) is 12.0. The average Bonchev–Trinajstić information content (AvgIpc) is 2.41. The third-order valence-corrected chi connectivity index (χ3v) is 3.22. The van der Waals surface area contributed by atoms with Crippen LogP contribution in [-0.4, -0.2) is 21.5 Å². The zero-order valence-corrected chi connectivity index (χ0v) is 12.2. The maximum absolute atomic E-state index is 12.0. The molecule has 2 rings (SSSR count). The fourth-order valence-corrected chi connectivity index (χ4v) is 2.23. The van der Waals surface area contributed by atoms with Crippen molar-refractivity contribution in [3.8, 4) is 11.5 Å². The van der Waals surface area contributed by atoms with Crippen LogP contribution in [-0.2, 0) is 6.42 Å². The highest BCUT2D eigenvalue weighted by Crippen LogP contribution is 2.23. The van der Waals surface area contributed by atoms with Gasteiger partial charge in [0.2, 0.25) is 0 Å². The molecule has 0 saturated carbocycles. The van der Waals surface area contributed by atoms with Crippen LogP contribution in [0.25, 0.3) is 0 Å². The monoisotopic (exact) mass is 335 g/mol. The molecule has 0 bridgehead atoms. The van der Waals surface area contributed by atoms with E-state index < -0.39 is 5.91 Å². The molecule has 0 aliphatic rings. The van der Waals surface area contributed by atoms with E-state index in [2.05, 4.69) is 21.2 Å². The first-order valence-corrected chi connectivity index (χ1v) is 7.20. The summed E-state index contributed by atoms with van der Waals surface area (Å²) in [5.41, 5.74) is 1.94. The number of alkyl halides is 1. The van der Waals surface area contributed by atoms with Crippen molar-refractivity contribution in [3.05, 3.63) is 53.6 Å². The van der Waals surface area contributed by atoms with E-state index in [9.17, 15) is 15.0 Å². The second kappa shape index (κ2) is 6.43. The number of nitrogens with one attached hydrogen (secondary N) is 1. The van der Waals surface area contributed by atoms with Crippen LogP contribution in [0.2, 0.25) is 0 Å². The first-order valence-electron chi connectivity index (χ1n) is 6.08. The molecular weight excluding hydrogens is 322 g/mol. The molecule has 104 valence electrons. The van der Waals surface area contributed by atoms with Gasteiger partial charge >= 0.3 is 0 Å². The van der Waals surface area contributed by atoms with Gasteiger partial charge in [0.05, 0.1) is 5.56 Å². The van der Waals surface area contributed by atoms with Gasteiger partial charge in [0.15, 0.2) is 0 Å². The lowest BCUT2D eigenvalue weighted by atomic mass is 10.1. The Morgan fingerprint density at radius 3 is 2.40 bits per heavy atom. The Morgan fingerprint density at radius 2 is 1.80 bits per heavy atom. The number of aryl methyl sites for hydroxylation is 1. The summed E-state index contributed by atoms with van der Waals surface area (Å²) in [6, 6.07) is 11.4. The van der Waals surface area contributed by atoms with Gasteiger partial charge < -0.3 is 15.5 Å². The lowest BCUT2D eigenvalue weighted by molar-refractivity contribution is 0.102. The summed E-state index contributed by atoms with van der Waals surface area (Å²) in [6.45, 7) is 0. The molecule has 2 aromatic rings. The number of halogens is 1. The van der Waals surface area contributed by atoms with Gasteiger partial charge in [-0.3, -0.25) is 4.79 Å². The largest absolute Gasteiger partial charge is 0.508 e. The predicted molar refractivity (Wildman–Crippen MR) is 81.7 cm³/mol. The number of hydrogen-bond donors (Lipinski definition) is 3. The second-order valence-electron chi connectivity index (χ2n) is 4.29. The number of carbonyl (C=O) groups is 1. The fraction of sp³-hybridized carbons (Fsp3) is 0.133. The predicted octanol–water partition coefficient (Wildman–Crippen LogP) is 3.29. The molecular formula is C15H14BrNO3. The molecule has 3 N–H and O–H groups in total. The Kier molecular flexibility index (Phi) is 4.63. The topological polar surface area (TPSA) is 69.6 Å². The minimum absolute atomic E-state index is 0.0850. The zero-order valence-electron chi connectivity index (χ0n) is 10.6. The Bertz CT molecular complexity index is 611. The number of rotatable bonds is 4. The number of anilines is 1. The van der Waals surface area contributed by atoms with Crippen LogP contribution in [0.15, 0.2) is 42.5 Å². The molecule has 2 aromatic carbocycles. The summed E-state index contributed by atoms with van der Waals surface area (Å²) < 4.78 is 0. The highest BCUT2D eigenvalue weighted by Gasteiger charge is 2.11. The van der Waals surface area contributed by atoms with Gasteiger partial charge in [-0.1, -0.05) is 28.1 Å². The standard InChI is InChI=1S/C15H14BrNO3/c16-8-7-10-1-3-11(4-2-10)17-15(20)13-6-5-12(18)9-14(13)19/h1-6,9,18-19H,7-8H2,(H,17,20). The van der Waals surface area contributed by atoms with Crippen LogP contribution >= 0.6 is 15.9 Å². The van der Waals surface area contributed by atoms with Crippen molar-refractivity contribution >= 4 is 27.5 Å². The van der Waals surface area contributed by atoms with Gasteiger partial charge in [-0.15, -0.1) is 0 Å². The molecule has 0 saturated heterocycles. The maximum atomic E-state index is 12.0. The lowest BCUT2D eigenvalue weighted by Gasteiger charge is -2.08. The molecule has 0 heterocycles. The molecule has 0 radical (unpaired) electrons. The Hall–Kier alpha value is -2.01. The third kappa shape index (κ3) is 3.51. The molecule has 0 fully saturated rings. The molecule has 0 aliphatic heterocycles. The smallest absolute Gasteiger partial charge is 0.259 e.